The fourth-order valence-electron chi connectivity index (χ4n) is 2.63. The number of nitrogens with zero attached hydrogens (tertiary/aromatic N) is 4. The SMILES string of the molecule is C=C1C(CO)CCC1n1cnc2c(N)ncnc21. The molecule has 2 heterocycles. The average molecular weight is 245 g/mol. The van der Waals surface area contributed by atoms with E-state index in [0.29, 0.717) is 11.3 Å². The lowest BCUT2D eigenvalue weighted by Gasteiger charge is -2.15. The van der Waals surface area contributed by atoms with Gasteiger partial charge >= 0.3 is 0 Å². The summed E-state index contributed by atoms with van der Waals surface area (Å²) in [6.45, 7) is 4.24. The molecule has 0 aliphatic heterocycles. The quantitative estimate of drug-likeness (QED) is 0.767. The highest BCUT2D eigenvalue weighted by atomic mass is 16.3. The number of hydrogen-bond donors (Lipinski definition) is 2. The molecular weight excluding hydrogens is 230 g/mol. The van der Waals surface area contributed by atoms with E-state index in [9.17, 15) is 5.11 Å². The summed E-state index contributed by atoms with van der Waals surface area (Å²) in [5.41, 5.74) is 8.15. The van der Waals surface area contributed by atoms with E-state index in [1.165, 1.54) is 6.33 Å². The van der Waals surface area contributed by atoms with E-state index in [1.54, 1.807) is 6.33 Å². The van der Waals surface area contributed by atoms with E-state index in [4.69, 9.17) is 5.73 Å². The number of imidazole rings is 1. The van der Waals surface area contributed by atoms with E-state index in [0.717, 1.165) is 24.1 Å². The van der Waals surface area contributed by atoms with Gasteiger partial charge in [0.2, 0.25) is 0 Å². The third-order valence-corrected chi connectivity index (χ3v) is 3.68. The zero-order chi connectivity index (χ0) is 12.7. The molecule has 18 heavy (non-hydrogen) atoms. The van der Waals surface area contributed by atoms with Gasteiger partial charge < -0.3 is 15.4 Å². The molecular formula is C12H15N5O. The Labute approximate surface area is 104 Å². The fourth-order valence-corrected chi connectivity index (χ4v) is 2.63. The molecule has 1 fully saturated rings. The highest BCUT2D eigenvalue weighted by molar-refractivity contribution is 5.81. The molecule has 0 saturated heterocycles. The minimum atomic E-state index is 0.140. The van der Waals surface area contributed by atoms with Gasteiger partial charge in [-0.05, 0) is 18.4 Å². The Bertz CT molecular complexity index is 606. The molecule has 0 spiro atoms. The summed E-state index contributed by atoms with van der Waals surface area (Å²) in [5.74, 6) is 0.563. The molecule has 3 rings (SSSR count). The second kappa shape index (κ2) is 4.06. The predicted molar refractivity (Wildman–Crippen MR) is 67.7 cm³/mol. The first-order valence-electron chi connectivity index (χ1n) is 5.95. The molecule has 0 radical (unpaired) electrons. The van der Waals surface area contributed by atoms with Gasteiger partial charge in [0.25, 0.3) is 0 Å². The number of aromatic nitrogens is 4. The normalized spacial score (nSPS) is 23.9. The van der Waals surface area contributed by atoms with Gasteiger partial charge in [-0.2, -0.15) is 0 Å². The first-order valence-corrected chi connectivity index (χ1v) is 5.95. The molecule has 3 N–H and O–H groups in total. The Morgan fingerprint density at radius 3 is 2.94 bits per heavy atom. The lowest BCUT2D eigenvalue weighted by molar-refractivity contribution is 0.249. The van der Waals surface area contributed by atoms with Crippen LogP contribution in [0.4, 0.5) is 5.82 Å². The lowest BCUT2D eigenvalue weighted by Crippen LogP contribution is -2.10. The van der Waals surface area contributed by atoms with Crippen molar-refractivity contribution in [3.8, 4) is 0 Å². The highest BCUT2D eigenvalue weighted by Crippen LogP contribution is 2.39. The van der Waals surface area contributed by atoms with Crippen molar-refractivity contribution in [1.82, 2.24) is 19.5 Å². The van der Waals surface area contributed by atoms with Crippen molar-refractivity contribution in [3.05, 3.63) is 24.8 Å². The zero-order valence-corrected chi connectivity index (χ0v) is 9.95. The minimum absolute atomic E-state index is 0.140. The van der Waals surface area contributed by atoms with Crippen LogP contribution in [0, 0.1) is 5.92 Å². The maximum atomic E-state index is 9.28. The largest absolute Gasteiger partial charge is 0.396 e. The summed E-state index contributed by atoms with van der Waals surface area (Å²) in [6.07, 6.45) is 5.06. The van der Waals surface area contributed by atoms with Crippen molar-refractivity contribution in [2.45, 2.75) is 18.9 Å². The molecule has 2 aromatic heterocycles. The summed E-state index contributed by atoms with van der Waals surface area (Å²) in [6, 6.07) is 0.140. The lowest BCUT2D eigenvalue weighted by atomic mass is 10.0. The first-order chi connectivity index (χ1) is 8.72. The maximum absolute atomic E-state index is 9.28. The smallest absolute Gasteiger partial charge is 0.165 e. The second-order valence-electron chi connectivity index (χ2n) is 4.63. The number of aliphatic hydroxyl groups is 1. The Kier molecular flexibility index (Phi) is 2.52. The zero-order valence-electron chi connectivity index (χ0n) is 9.95. The van der Waals surface area contributed by atoms with Gasteiger partial charge in [-0.25, -0.2) is 15.0 Å². The Hall–Kier alpha value is -1.95. The van der Waals surface area contributed by atoms with Gasteiger partial charge in [0.05, 0.1) is 12.4 Å². The Balaban J connectivity index is 2.06. The number of fused-ring (bicyclic) bond motifs is 1. The molecule has 2 aromatic rings. The Morgan fingerprint density at radius 2 is 2.22 bits per heavy atom. The van der Waals surface area contributed by atoms with Gasteiger partial charge in [0, 0.05) is 12.5 Å². The minimum Gasteiger partial charge on any atom is -0.396 e. The molecule has 0 amide bonds. The first kappa shape index (κ1) is 11.2. The van der Waals surface area contributed by atoms with Crippen LogP contribution in [-0.2, 0) is 0 Å². The summed E-state index contributed by atoms with van der Waals surface area (Å²) >= 11 is 0. The predicted octanol–water partition coefficient (Wildman–Crippen LogP) is 0.908. The average Bonchev–Trinajstić information content (AvgIpc) is 2.93. The van der Waals surface area contributed by atoms with Crippen molar-refractivity contribution in [3.63, 3.8) is 0 Å². The monoisotopic (exact) mass is 245 g/mol. The van der Waals surface area contributed by atoms with Crippen molar-refractivity contribution in [1.29, 1.82) is 0 Å². The van der Waals surface area contributed by atoms with E-state index >= 15 is 0 Å². The van der Waals surface area contributed by atoms with Crippen molar-refractivity contribution in [2.75, 3.05) is 12.3 Å². The van der Waals surface area contributed by atoms with Gasteiger partial charge in [0.1, 0.15) is 11.8 Å². The highest BCUT2D eigenvalue weighted by Gasteiger charge is 2.30. The van der Waals surface area contributed by atoms with Crippen LogP contribution in [-0.4, -0.2) is 31.2 Å². The van der Waals surface area contributed by atoms with Crippen LogP contribution in [0.25, 0.3) is 11.2 Å². The fraction of sp³-hybridized carbons (Fsp3) is 0.417. The summed E-state index contributed by atoms with van der Waals surface area (Å²) in [7, 11) is 0. The summed E-state index contributed by atoms with van der Waals surface area (Å²) < 4.78 is 1.98. The van der Waals surface area contributed by atoms with Gasteiger partial charge in [-0.3, -0.25) is 0 Å². The van der Waals surface area contributed by atoms with Gasteiger partial charge in [-0.15, -0.1) is 0 Å². The van der Waals surface area contributed by atoms with Crippen LogP contribution >= 0.6 is 0 Å². The third kappa shape index (κ3) is 1.49. The van der Waals surface area contributed by atoms with Crippen molar-refractivity contribution < 1.29 is 5.11 Å². The molecule has 6 nitrogen and oxygen atoms in total. The van der Waals surface area contributed by atoms with E-state index in [2.05, 4.69) is 21.5 Å². The standard InChI is InChI=1S/C12H15N5O/c1-7-8(4-18)2-3-9(7)17-6-16-10-11(13)14-5-15-12(10)17/h5-6,8-9,18H,1-4H2,(H2,13,14,15). The van der Waals surface area contributed by atoms with Gasteiger partial charge in [0.15, 0.2) is 11.5 Å². The van der Waals surface area contributed by atoms with E-state index in [1.807, 2.05) is 4.57 Å². The molecule has 0 bridgehead atoms. The molecule has 2 unspecified atom stereocenters. The number of aliphatic hydroxyl groups excluding tert-OH is 1. The van der Waals surface area contributed by atoms with Gasteiger partial charge in [-0.1, -0.05) is 6.58 Å². The number of nitrogen functional groups attached to an aromatic ring is 1. The van der Waals surface area contributed by atoms with Crippen LogP contribution in [0.15, 0.2) is 24.8 Å². The molecule has 0 aromatic carbocycles. The maximum Gasteiger partial charge on any atom is 0.165 e. The van der Waals surface area contributed by atoms with Crippen molar-refractivity contribution >= 4 is 17.0 Å². The molecule has 94 valence electrons. The van der Waals surface area contributed by atoms with Crippen LogP contribution in [0.2, 0.25) is 0 Å². The van der Waals surface area contributed by atoms with Crippen LogP contribution in [0.5, 0.6) is 0 Å². The van der Waals surface area contributed by atoms with Crippen LogP contribution in [0.1, 0.15) is 18.9 Å². The number of hydrogen-bond acceptors (Lipinski definition) is 5. The topological polar surface area (TPSA) is 89.8 Å². The third-order valence-electron chi connectivity index (χ3n) is 3.68. The summed E-state index contributed by atoms with van der Waals surface area (Å²) in [5, 5.41) is 9.28. The number of rotatable bonds is 2. The second-order valence-corrected chi connectivity index (χ2v) is 4.63. The molecule has 6 heteroatoms. The summed E-state index contributed by atoms with van der Waals surface area (Å²) in [4.78, 5) is 12.4. The van der Waals surface area contributed by atoms with E-state index < -0.39 is 0 Å². The number of anilines is 1. The van der Waals surface area contributed by atoms with Crippen molar-refractivity contribution in [2.24, 2.45) is 5.92 Å². The number of nitrogens with two attached hydrogens (primary N) is 1. The molecule has 1 aliphatic rings. The molecule has 2 atom stereocenters. The molecule has 1 saturated carbocycles. The van der Waals surface area contributed by atoms with Crippen LogP contribution in [0.3, 0.4) is 0 Å². The van der Waals surface area contributed by atoms with Crippen LogP contribution < -0.4 is 5.73 Å². The van der Waals surface area contributed by atoms with E-state index in [-0.39, 0.29) is 18.6 Å². The Morgan fingerprint density at radius 1 is 1.39 bits per heavy atom. The molecule has 1 aliphatic carbocycles.